The number of nitrogen functional groups attached to an aromatic ring is 1. The van der Waals surface area contributed by atoms with Crippen LogP contribution in [0.2, 0.25) is 0 Å². The van der Waals surface area contributed by atoms with Gasteiger partial charge in [0.25, 0.3) is 11.8 Å². The highest BCUT2D eigenvalue weighted by atomic mass is 32.1. The summed E-state index contributed by atoms with van der Waals surface area (Å²) in [5.41, 5.74) is 14.1. The molecule has 0 radical (unpaired) electrons. The van der Waals surface area contributed by atoms with Crippen LogP contribution in [-0.2, 0) is 11.2 Å². The first-order valence-electron chi connectivity index (χ1n) is 13.2. The van der Waals surface area contributed by atoms with Gasteiger partial charge in [-0.3, -0.25) is 14.4 Å². The smallest absolute Gasteiger partial charge is 0.270 e. The molecular formula is C29H35N5O4S. The monoisotopic (exact) mass is 549 g/mol. The standard InChI is InChI=1S/C29H35N5O4S/c1-3-38-22-14-12-20(13-15-22)25(28(36)32-21-10-6-7-11-21)34(17-16-19-9-5-4-8-18(19)2)29(37)26-23(30)24(27(31)35)33-39-26/h4-5,8-9,12-15,21,25H,3,6-7,10-11,16-17,30H2,1-2H3,(H2,31,35)(H,32,36). The number of nitrogens with two attached hydrogens (primary N) is 2. The molecule has 0 saturated heterocycles. The van der Waals surface area contributed by atoms with Crippen molar-refractivity contribution in [1.82, 2.24) is 14.6 Å². The summed E-state index contributed by atoms with van der Waals surface area (Å²) in [6, 6.07) is 14.3. The molecule has 0 aliphatic heterocycles. The van der Waals surface area contributed by atoms with E-state index >= 15 is 0 Å². The normalized spacial score (nSPS) is 14.1. The number of aryl methyl sites for hydroxylation is 1. The van der Waals surface area contributed by atoms with Crippen LogP contribution in [0.5, 0.6) is 5.75 Å². The van der Waals surface area contributed by atoms with Crippen LogP contribution in [0.4, 0.5) is 5.69 Å². The van der Waals surface area contributed by atoms with Gasteiger partial charge in [-0.05, 0) is 73.5 Å². The quantitative estimate of drug-likeness (QED) is 0.330. The lowest BCUT2D eigenvalue weighted by molar-refractivity contribution is -0.126. The first kappa shape index (κ1) is 28.1. The highest BCUT2D eigenvalue weighted by molar-refractivity contribution is 7.09. The molecule has 1 saturated carbocycles. The summed E-state index contributed by atoms with van der Waals surface area (Å²) in [4.78, 5) is 41.4. The second-order valence-corrected chi connectivity index (χ2v) is 10.5. The van der Waals surface area contributed by atoms with Crippen molar-refractivity contribution >= 4 is 34.9 Å². The molecule has 1 atom stereocenters. The summed E-state index contributed by atoms with van der Waals surface area (Å²) in [7, 11) is 0. The van der Waals surface area contributed by atoms with Crippen LogP contribution in [0.15, 0.2) is 48.5 Å². The Bertz CT molecular complexity index is 1320. The molecule has 1 aliphatic carbocycles. The van der Waals surface area contributed by atoms with Crippen molar-refractivity contribution in [2.45, 2.75) is 58.0 Å². The molecule has 3 aromatic rings. The number of aromatic nitrogens is 1. The minimum atomic E-state index is -0.934. The molecule has 9 nitrogen and oxygen atoms in total. The minimum absolute atomic E-state index is 0.0611. The van der Waals surface area contributed by atoms with Crippen molar-refractivity contribution in [3.8, 4) is 5.75 Å². The first-order valence-corrected chi connectivity index (χ1v) is 14.0. The highest BCUT2D eigenvalue weighted by Crippen LogP contribution is 2.31. The van der Waals surface area contributed by atoms with Crippen LogP contribution >= 0.6 is 11.5 Å². The number of rotatable bonds is 11. The summed E-state index contributed by atoms with van der Waals surface area (Å²) in [6.45, 7) is 4.66. The minimum Gasteiger partial charge on any atom is -0.494 e. The van der Waals surface area contributed by atoms with E-state index in [1.165, 1.54) is 4.90 Å². The molecule has 1 fully saturated rings. The van der Waals surface area contributed by atoms with E-state index in [-0.39, 0.29) is 34.8 Å². The number of carbonyl (C=O) groups is 3. The van der Waals surface area contributed by atoms with E-state index in [9.17, 15) is 14.4 Å². The maximum absolute atomic E-state index is 14.1. The molecule has 1 aliphatic rings. The number of carbonyl (C=O) groups excluding carboxylic acids is 3. The molecule has 5 N–H and O–H groups in total. The molecule has 206 valence electrons. The SMILES string of the molecule is CCOc1ccc(C(C(=O)NC2CCCC2)N(CCc2ccccc2C)C(=O)c2snc(C(N)=O)c2N)cc1. The topological polar surface area (TPSA) is 141 Å². The van der Waals surface area contributed by atoms with Gasteiger partial charge in [0.1, 0.15) is 16.7 Å². The van der Waals surface area contributed by atoms with Gasteiger partial charge in [-0.15, -0.1) is 0 Å². The fraction of sp³-hybridized carbons (Fsp3) is 0.379. The molecule has 0 spiro atoms. The molecule has 4 rings (SSSR count). The summed E-state index contributed by atoms with van der Waals surface area (Å²) < 4.78 is 9.62. The third kappa shape index (κ3) is 6.57. The van der Waals surface area contributed by atoms with Gasteiger partial charge in [0.05, 0.1) is 12.3 Å². The average molecular weight is 550 g/mol. The van der Waals surface area contributed by atoms with Crippen molar-refractivity contribution < 1.29 is 19.1 Å². The maximum Gasteiger partial charge on any atom is 0.270 e. The van der Waals surface area contributed by atoms with Gasteiger partial charge in [0.2, 0.25) is 5.91 Å². The van der Waals surface area contributed by atoms with Gasteiger partial charge in [-0.25, -0.2) is 0 Å². The van der Waals surface area contributed by atoms with Crippen molar-refractivity contribution in [3.63, 3.8) is 0 Å². The molecule has 2 aromatic carbocycles. The Labute approximate surface area is 232 Å². The van der Waals surface area contributed by atoms with Crippen LogP contribution < -0.4 is 21.5 Å². The number of nitrogens with one attached hydrogen (secondary N) is 1. The van der Waals surface area contributed by atoms with Gasteiger partial charge in [-0.2, -0.15) is 4.37 Å². The molecule has 10 heteroatoms. The van der Waals surface area contributed by atoms with Crippen molar-refractivity contribution in [2.75, 3.05) is 18.9 Å². The lowest BCUT2D eigenvalue weighted by Crippen LogP contribution is -2.46. The van der Waals surface area contributed by atoms with Crippen molar-refractivity contribution in [3.05, 3.63) is 75.8 Å². The zero-order valence-electron chi connectivity index (χ0n) is 22.3. The Morgan fingerprint density at radius 1 is 1.13 bits per heavy atom. The number of ether oxygens (including phenoxy) is 1. The number of anilines is 1. The van der Waals surface area contributed by atoms with Crippen LogP contribution in [-0.4, -0.2) is 46.2 Å². The zero-order valence-corrected chi connectivity index (χ0v) is 23.1. The predicted octanol–water partition coefficient (Wildman–Crippen LogP) is 4.02. The number of hydrogen-bond acceptors (Lipinski definition) is 7. The number of hydrogen-bond donors (Lipinski definition) is 3. The van der Waals surface area contributed by atoms with E-state index < -0.39 is 17.9 Å². The zero-order chi connectivity index (χ0) is 27.9. The second kappa shape index (κ2) is 12.8. The summed E-state index contributed by atoms with van der Waals surface area (Å²) in [5.74, 6) is -0.878. The van der Waals surface area contributed by atoms with Crippen LogP contribution in [0.3, 0.4) is 0 Å². The Morgan fingerprint density at radius 2 is 1.82 bits per heavy atom. The summed E-state index contributed by atoms with van der Waals surface area (Å²) >= 11 is 0.813. The van der Waals surface area contributed by atoms with Crippen LogP contribution in [0.1, 0.15) is 75.5 Å². The molecule has 0 bridgehead atoms. The Morgan fingerprint density at radius 3 is 2.44 bits per heavy atom. The number of nitrogens with zero attached hydrogens (tertiary/aromatic N) is 2. The largest absolute Gasteiger partial charge is 0.494 e. The fourth-order valence-electron chi connectivity index (χ4n) is 4.98. The number of benzene rings is 2. The summed E-state index contributed by atoms with van der Waals surface area (Å²) in [5, 5.41) is 3.17. The van der Waals surface area contributed by atoms with E-state index in [1.54, 1.807) is 12.1 Å². The molecular weight excluding hydrogens is 514 g/mol. The fourth-order valence-corrected chi connectivity index (χ4v) is 5.74. The van der Waals surface area contributed by atoms with Crippen LogP contribution in [0.25, 0.3) is 0 Å². The average Bonchev–Trinajstić information content (AvgIpc) is 3.57. The second-order valence-electron chi connectivity index (χ2n) is 9.71. The van der Waals surface area contributed by atoms with Crippen molar-refractivity contribution in [2.24, 2.45) is 5.73 Å². The van der Waals surface area contributed by atoms with Gasteiger partial charge in [0.15, 0.2) is 5.69 Å². The third-order valence-corrected chi connectivity index (χ3v) is 7.92. The highest BCUT2D eigenvalue weighted by Gasteiger charge is 2.35. The first-order chi connectivity index (χ1) is 18.8. The van der Waals surface area contributed by atoms with Crippen LogP contribution in [0, 0.1) is 6.92 Å². The Hall–Kier alpha value is -3.92. The molecule has 3 amide bonds. The van der Waals surface area contributed by atoms with E-state index in [2.05, 4.69) is 9.69 Å². The summed E-state index contributed by atoms with van der Waals surface area (Å²) in [6.07, 6.45) is 4.44. The van der Waals surface area contributed by atoms with Gasteiger partial charge in [-0.1, -0.05) is 49.2 Å². The van der Waals surface area contributed by atoms with E-state index in [0.29, 0.717) is 24.3 Å². The maximum atomic E-state index is 14.1. The van der Waals surface area contributed by atoms with Gasteiger partial charge in [0, 0.05) is 12.6 Å². The van der Waals surface area contributed by atoms with Crippen molar-refractivity contribution in [1.29, 1.82) is 0 Å². The lowest BCUT2D eigenvalue weighted by Gasteiger charge is -2.32. The van der Waals surface area contributed by atoms with Gasteiger partial charge < -0.3 is 26.4 Å². The predicted molar refractivity (Wildman–Crippen MR) is 152 cm³/mol. The number of primary amides is 1. The van der Waals surface area contributed by atoms with E-state index in [1.807, 2.05) is 50.2 Å². The Kier molecular flexibility index (Phi) is 9.19. The van der Waals surface area contributed by atoms with E-state index in [4.69, 9.17) is 16.2 Å². The Balaban J connectivity index is 1.75. The lowest BCUT2D eigenvalue weighted by atomic mass is 10.0. The molecule has 1 heterocycles. The van der Waals surface area contributed by atoms with Gasteiger partial charge >= 0.3 is 0 Å². The molecule has 39 heavy (non-hydrogen) atoms. The molecule has 1 aromatic heterocycles. The third-order valence-electron chi connectivity index (χ3n) is 7.07. The molecule has 1 unspecified atom stereocenters. The number of amides is 3. The van der Waals surface area contributed by atoms with E-state index in [0.717, 1.165) is 48.3 Å².